The van der Waals surface area contributed by atoms with Crippen LogP contribution in [-0.4, -0.2) is 36.4 Å². The Labute approximate surface area is 203 Å². The van der Waals surface area contributed by atoms with Gasteiger partial charge in [-0.2, -0.15) is 0 Å². The molecule has 1 heterocycles. The quantitative estimate of drug-likeness (QED) is 0.376. The van der Waals surface area contributed by atoms with Crippen molar-refractivity contribution in [2.45, 2.75) is 18.9 Å². The van der Waals surface area contributed by atoms with Gasteiger partial charge in [-0.05, 0) is 35.7 Å². The molecule has 0 spiro atoms. The van der Waals surface area contributed by atoms with Crippen molar-refractivity contribution in [3.8, 4) is 22.9 Å². The molecule has 0 atom stereocenters. The van der Waals surface area contributed by atoms with Crippen LogP contribution in [0, 0.1) is 0 Å². The second kappa shape index (κ2) is 11.2. The summed E-state index contributed by atoms with van der Waals surface area (Å²) in [6.07, 6.45) is 0.709. The molecule has 0 aliphatic rings. The number of carbonyl (C=O) groups is 1. The molecule has 1 aromatic heterocycles. The van der Waals surface area contributed by atoms with Gasteiger partial charge in [0, 0.05) is 18.0 Å². The average molecular weight is 474 g/mol. The van der Waals surface area contributed by atoms with E-state index in [2.05, 4.69) is 34.7 Å². The van der Waals surface area contributed by atoms with Crippen molar-refractivity contribution >= 4 is 5.91 Å². The number of benzene rings is 3. The van der Waals surface area contributed by atoms with Gasteiger partial charge in [-0.25, -0.2) is 9.36 Å². The Morgan fingerprint density at radius 2 is 1.57 bits per heavy atom. The van der Waals surface area contributed by atoms with Gasteiger partial charge in [0.25, 0.3) is 0 Å². The van der Waals surface area contributed by atoms with Gasteiger partial charge in [0.15, 0.2) is 17.3 Å². The standard InChI is InChI=1S/C27H27N3O5/c1-33-23-14-13-21(17-24(23)34-2)26-29-35-27(32)30(26)18-25(31)28-16-15-22(19-9-5-3-6-10-19)20-11-7-4-8-12-20/h3-14,17,22H,15-16,18H2,1-2H3,(H,28,31). The zero-order chi connectivity index (χ0) is 24.6. The summed E-state index contributed by atoms with van der Waals surface area (Å²) in [5.41, 5.74) is 2.92. The van der Waals surface area contributed by atoms with Gasteiger partial charge in [-0.15, -0.1) is 0 Å². The van der Waals surface area contributed by atoms with Crippen molar-refractivity contribution in [1.29, 1.82) is 0 Å². The fraction of sp³-hybridized carbons (Fsp3) is 0.222. The van der Waals surface area contributed by atoms with Crippen molar-refractivity contribution < 1.29 is 18.8 Å². The third kappa shape index (κ3) is 5.60. The molecule has 0 unspecified atom stereocenters. The number of nitrogens with one attached hydrogen (secondary N) is 1. The molecule has 4 aromatic rings. The second-order valence-electron chi connectivity index (χ2n) is 7.94. The lowest BCUT2D eigenvalue weighted by Crippen LogP contribution is -2.32. The molecule has 3 aromatic carbocycles. The van der Waals surface area contributed by atoms with Crippen LogP contribution in [0.2, 0.25) is 0 Å². The molecule has 8 heteroatoms. The van der Waals surface area contributed by atoms with Gasteiger partial charge in [0.2, 0.25) is 5.91 Å². The Balaban J connectivity index is 1.45. The molecule has 0 aliphatic carbocycles. The van der Waals surface area contributed by atoms with E-state index in [1.807, 2.05) is 36.4 Å². The monoisotopic (exact) mass is 473 g/mol. The van der Waals surface area contributed by atoms with Crippen LogP contribution in [0.3, 0.4) is 0 Å². The first-order valence-corrected chi connectivity index (χ1v) is 11.3. The number of amides is 1. The van der Waals surface area contributed by atoms with Gasteiger partial charge in [0.05, 0.1) is 14.2 Å². The summed E-state index contributed by atoms with van der Waals surface area (Å²) in [6.45, 7) is 0.229. The van der Waals surface area contributed by atoms with Crippen LogP contribution in [0.25, 0.3) is 11.4 Å². The van der Waals surface area contributed by atoms with E-state index in [1.54, 1.807) is 18.2 Å². The highest BCUT2D eigenvalue weighted by Gasteiger charge is 2.19. The Morgan fingerprint density at radius 3 is 2.17 bits per heavy atom. The van der Waals surface area contributed by atoms with Gasteiger partial charge in [-0.3, -0.25) is 9.32 Å². The maximum atomic E-state index is 12.7. The van der Waals surface area contributed by atoms with E-state index < -0.39 is 5.76 Å². The minimum Gasteiger partial charge on any atom is -0.493 e. The molecule has 1 amide bonds. The third-order valence-corrected chi connectivity index (χ3v) is 5.79. The molecule has 35 heavy (non-hydrogen) atoms. The van der Waals surface area contributed by atoms with E-state index in [-0.39, 0.29) is 24.2 Å². The first-order valence-electron chi connectivity index (χ1n) is 11.3. The highest BCUT2D eigenvalue weighted by Crippen LogP contribution is 2.31. The number of ether oxygens (including phenoxy) is 2. The van der Waals surface area contributed by atoms with E-state index in [4.69, 9.17) is 14.0 Å². The van der Waals surface area contributed by atoms with Crippen LogP contribution < -0.4 is 20.5 Å². The molecular weight excluding hydrogens is 446 g/mol. The highest BCUT2D eigenvalue weighted by molar-refractivity contribution is 5.76. The maximum Gasteiger partial charge on any atom is 0.442 e. The Bertz CT molecular complexity index is 1280. The summed E-state index contributed by atoms with van der Waals surface area (Å²) in [5.74, 6) is 0.367. The van der Waals surface area contributed by atoms with Crippen LogP contribution in [-0.2, 0) is 11.3 Å². The highest BCUT2D eigenvalue weighted by atomic mass is 16.5. The molecule has 8 nitrogen and oxygen atoms in total. The van der Waals surface area contributed by atoms with E-state index in [1.165, 1.54) is 29.9 Å². The molecule has 0 saturated carbocycles. The second-order valence-corrected chi connectivity index (χ2v) is 7.94. The summed E-state index contributed by atoms with van der Waals surface area (Å²) in [4.78, 5) is 25.0. The van der Waals surface area contributed by atoms with Gasteiger partial charge < -0.3 is 14.8 Å². The van der Waals surface area contributed by atoms with Crippen molar-refractivity contribution in [3.63, 3.8) is 0 Å². The summed E-state index contributed by atoms with van der Waals surface area (Å²) in [5, 5.41) is 6.78. The molecule has 0 aliphatic heterocycles. The number of rotatable bonds is 10. The average Bonchev–Trinajstić information content (AvgIpc) is 3.26. The molecule has 180 valence electrons. The molecule has 4 rings (SSSR count). The summed E-state index contributed by atoms with van der Waals surface area (Å²) in [6, 6.07) is 25.5. The van der Waals surface area contributed by atoms with Crippen LogP contribution in [0.5, 0.6) is 11.5 Å². The number of hydrogen-bond donors (Lipinski definition) is 1. The smallest absolute Gasteiger partial charge is 0.442 e. The predicted molar refractivity (Wildman–Crippen MR) is 132 cm³/mol. The van der Waals surface area contributed by atoms with E-state index in [0.29, 0.717) is 30.0 Å². The minimum atomic E-state index is -0.712. The van der Waals surface area contributed by atoms with Crippen molar-refractivity contribution in [3.05, 3.63) is 101 Å². The van der Waals surface area contributed by atoms with Gasteiger partial charge >= 0.3 is 5.76 Å². The zero-order valence-electron chi connectivity index (χ0n) is 19.6. The molecule has 1 N–H and O–H groups in total. The maximum absolute atomic E-state index is 12.7. The lowest BCUT2D eigenvalue weighted by Gasteiger charge is -2.18. The SMILES string of the molecule is COc1ccc(-c2noc(=O)n2CC(=O)NCCC(c2ccccc2)c2ccccc2)cc1OC. The molecule has 0 saturated heterocycles. The van der Waals surface area contributed by atoms with Crippen LogP contribution in [0.1, 0.15) is 23.5 Å². The predicted octanol–water partition coefficient (Wildman–Crippen LogP) is 3.86. The molecule has 0 radical (unpaired) electrons. The van der Waals surface area contributed by atoms with Crippen LogP contribution >= 0.6 is 0 Å². The lowest BCUT2D eigenvalue weighted by molar-refractivity contribution is -0.121. The third-order valence-electron chi connectivity index (χ3n) is 5.79. The number of aromatic nitrogens is 2. The topological polar surface area (TPSA) is 95.6 Å². The fourth-order valence-electron chi connectivity index (χ4n) is 4.04. The van der Waals surface area contributed by atoms with Crippen molar-refractivity contribution in [2.24, 2.45) is 0 Å². The van der Waals surface area contributed by atoms with E-state index in [0.717, 1.165) is 0 Å². The number of carbonyl (C=O) groups excluding carboxylic acids is 1. The van der Waals surface area contributed by atoms with E-state index >= 15 is 0 Å². The number of hydrogen-bond acceptors (Lipinski definition) is 6. The summed E-state index contributed by atoms with van der Waals surface area (Å²) < 4.78 is 16.6. The normalized spacial score (nSPS) is 10.8. The first-order chi connectivity index (χ1) is 17.1. The number of nitrogens with zero attached hydrogens (tertiary/aromatic N) is 2. The summed E-state index contributed by atoms with van der Waals surface area (Å²) in [7, 11) is 3.05. The molecular formula is C27H27N3O5. The minimum absolute atomic E-state index is 0.137. The molecule has 0 fully saturated rings. The first kappa shape index (κ1) is 23.8. The van der Waals surface area contributed by atoms with Gasteiger partial charge in [0.1, 0.15) is 6.54 Å². The van der Waals surface area contributed by atoms with Crippen molar-refractivity contribution in [1.82, 2.24) is 15.0 Å². The Morgan fingerprint density at radius 1 is 0.943 bits per heavy atom. The summed E-state index contributed by atoms with van der Waals surface area (Å²) >= 11 is 0. The number of methoxy groups -OCH3 is 2. The molecule has 0 bridgehead atoms. The fourth-order valence-corrected chi connectivity index (χ4v) is 4.04. The van der Waals surface area contributed by atoms with E-state index in [9.17, 15) is 9.59 Å². The Hall–Kier alpha value is -4.33. The Kier molecular flexibility index (Phi) is 7.62. The van der Waals surface area contributed by atoms with Crippen molar-refractivity contribution in [2.75, 3.05) is 20.8 Å². The zero-order valence-corrected chi connectivity index (χ0v) is 19.6. The van der Waals surface area contributed by atoms with Crippen LogP contribution in [0.4, 0.5) is 0 Å². The lowest BCUT2D eigenvalue weighted by atomic mass is 9.88. The van der Waals surface area contributed by atoms with Gasteiger partial charge in [-0.1, -0.05) is 65.8 Å². The van der Waals surface area contributed by atoms with Crippen LogP contribution in [0.15, 0.2) is 88.2 Å². The largest absolute Gasteiger partial charge is 0.493 e.